The van der Waals surface area contributed by atoms with Gasteiger partial charge in [0.15, 0.2) is 0 Å². The summed E-state index contributed by atoms with van der Waals surface area (Å²) < 4.78 is 13.9. The number of anilines is 2. The second kappa shape index (κ2) is 5.66. The maximum absolute atomic E-state index is 13.5. The molecule has 0 atom stereocenters. The van der Waals surface area contributed by atoms with E-state index in [-0.39, 0.29) is 11.7 Å². The van der Waals surface area contributed by atoms with Gasteiger partial charge in [0.05, 0.1) is 21.6 Å². The molecule has 0 bridgehead atoms. The molecule has 2 aromatic carbocycles. The second-order valence-corrected chi connectivity index (χ2v) is 6.08. The number of halogens is 3. The van der Waals surface area contributed by atoms with Crippen LogP contribution in [0.1, 0.15) is 11.1 Å². The number of carbonyl (C=O) groups excluding carboxylic acids is 1. The molecule has 108 valence electrons. The monoisotopic (exact) mass is 368 g/mol. The Hall–Kier alpha value is -1.59. The number of fused-ring (bicyclic) bond motifs is 1. The summed E-state index contributed by atoms with van der Waals surface area (Å²) in [6, 6.07) is 8.53. The predicted octanol–water partition coefficient (Wildman–Crippen LogP) is 4.35. The molecule has 0 saturated heterocycles. The van der Waals surface area contributed by atoms with Gasteiger partial charge in [-0.05, 0) is 51.3 Å². The first-order valence-corrected chi connectivity index (χ1v) is 7.50. The van der Waals surface area contributed by atoms with E-state index in [2.05, 4.69) is 26.6 Å². The van der Waals surface area contributed by atoms with Gasteiger partial charge in [0.1, 0.15) is 5.82 Å². The fraction of sp³-hybridized carbons (Fsp3) is 0.133. The van der Waals surface area contributed by atoms with Crippen molar-refractivity contribution < 1.29 is 9.18 Å². The zero-order valence-electron chi connectivity index (χ0n) is 10.8. The quantitative estimate of drug-likeness (QED) is 0.844. The van der Waals surface area contributed by atoms with Crippen molar-refractivity contribution in [2.45, 2.75) is 13.0 Å². The minimum Gasteiger partial charge on any atom is -0.380 e. The zero-order valence-corrected chi connectivity index (χ0v) is 13.2. The molecule has 0 saturated carbocycles. The van der Waals surface area contributed by atoms with Crippen LogP contribution in [0, 0.1) is 5.82 Å². The molecule has 1 heterocycles. The second-order valence-electron chi connectivity index (χ2n) is 4.82. The van der Waals surface area contributed by atoms with E-state index in [0.29, 0.717) is 22.5 Å². The molecule has 1 aliphatic rings. The highest BCUT2D eigenvalue weighted by molar-refractivity contribution is 9.10. The van der Waals surface area contributed by atoms with Crippen LogP contribution in [0.5, 0.6) is 0 Å². The lowest BCUT2D eigenvalue weighted by Crippen LogP contribution is -2.03. The van der Waals surface area contributed by atoms with Crippen molar-refractivity contribution in [2.75, 3.05) is 10.6 Å². The molecule has 21 heavy (non-hydrogen) atoms. The first-order valence-electron chi connectivity index (χ1n) is 6.33. The SMILES string of the molecule is O=C1Cc2cc(NCc3ccc(Br)c(F)c3)c(Cl)cc2N1. The largest absolute Gasteiger partial charge is 0.380 e. The molecule has 2 aromatic rings. The average molecular weight is 370 g/mol. The summed E-state index contributed by atoms with van der Waals surface area (Å²) in [5.74, 6) is -0.336. The Morgan fingerprint density at radius 1 is 1.33 bits per heavy atom. The van der Waals surface area contributed by atoms with Crippen LogP contribution in [0.2, 0.25) is 5.02 Å². The molecule has 0 aliphatic carbocycles. The van der Waals surface area contributed by atoms with Crippen LogP contribution in [0.15, 0.2) is 34.8 Å². The third-order valence-electron chi connectivity index (χ3n) is 3.28. The third-order valence-corrected chi connectivity index (χ3v) is 4.24. The highest BCUT2D eigenvalue weighted by atomic mass is 79.9. The highest BCUT2D eigenvalue weighted by Gasteiger charge is 2.19. The van der Waals surface area contributed by atoms with Gasteiger partial charge < -0.3 is 10.6 Å². The van der Waals surface area contributed by atoms with E-state index in [0.717, 1.165) is 22.5 Å². The Morgan fingerprint density at radius 2 is 2.14 bits per heavy atom. The lowest BCUT2D eigenvalue weighted by atomic mass is 10.1. The molecule has 0 unspecified atom stereocenters. The molecule has 1 amide bonds. The Morgan fingerprint density at radius 3 is 2.90 bits per heavy atom. The summed E-state index contributed by atoms with van der Waals surface area (Å²) in [7, 11) is 0. The Bertz CT molecular complexity index is 736. The van der Waals surface area contributed by atoms with Gasteiger partial charge in [0.25, 0.3) is 0 Å². The number of hydrogen-bond acceptors (Lipinski definition) is 2. The van der Waals surface area contributed by atoms with Crippen molar-refractivity contribution in [3.05, 3.63) is 56.8 Å². The van der Waals surface area contributed by atoms with E-state index in [1.165, 1.54) is 6.07 Å². The lowest BCUT2D eigenvalue weighted by molar-refractivity contribution is -0.115. The maximum atomic E-state index is 13.5. The van der Waals surface area contributed by atoms with E-state index in [1.807, 2.05) is 12.1 Å². The average Bonchev–Trinajstić information content (AvgIpc) is 2.79. The van der Waals surface area contributed by atoms with Gasteiger partial charge in [-0.15, -0.1) is 0 Å². The fourth-order valence-corrected chi connectivity index (χ4v) is 2.71. The van der Waals surface area contributed by atoms with Crippen LogP contribution in [0.25, 0.3) is 0 Å². The van der Waals surface area contributed by atoms with Crippen molar-refractivity contribution in [2.24, 2.45) is 0 Å². The normalized spacial score (nSPS) is 13.0. The summed E-state index contributed by atoms with van der Waals surface area (Å²) in [5.41, 5.74) is 3.20. The molecular weight excluding hydrogens is 359 g/mol. The van der Waals surface area contributed by atoms with Gasteiger partial charge in [-0.2, -0.15) is 0 Å². The summed E-state index contributed by atoms with van der Waals surface area (Å²) >= 11 is 9.30. The first kappa shape index (κ1) is 14.4. The van der Waals surface area contributed by atoms with E-state index in [4.69, 9.17) is 11.6 Å². The Kier molecular flexibility index (Phi) is 3.87. The van der Waals surface area contributed by atoms with Gasteiger partial charge in [-0.1, -0.05) is 17.7 Å². The topological polar surface area (TPSA) is 41.1 Å². The van der Waals surface area contributed by atoms with Crippen LogP contribution in [-0.2, 0) is 17.8 Å². The maximum Gasteiger partial charge on any atom is 0.228 e. The molecule has 0 spiro atoms. The predicted molar refractivity (Wildman–Crippen MR) is 85.2 cm³/mol. The van der Waals surface area contributed by atoms with Crippen LogP contribution in [0.4, 0.5) is 15.8 Å². The summed E-state index contributed by atoms with van der Waals surface area (Å²) in [4.78, 5) is 11.4. The molecule has 0 aromatic heterocycles. The molecule has 2 N–H and O–H groups in total. The van der Waals surface area contributed by atoms with E-state index >= 15 is 0 Å². The molecule has 0 fully saturated rings. The number of rotatable bonds is 3. The number of hydrogen-bond donors (Lipinski definition) is 2. The van der Waals surface area contributed by atoms with Gasteiger partial charge in [0, 0.05) is 12.2 Å². The Labute approximate surface area is 134 Å². The molecule has 3 rings (SSSR count). The summed E-state index contributed by atoms with van der Waals surface area (Å²) in [6.07, 6.45) is 0.355. The molecule has 3 nitrogen and oxygen atoms in total. The van der Waals surface area contributed by atoms with E-state index in [1.54, 1.807) is 12.1 Å². The number of amides is 1. The highest BCUT2D eigenvalue weighted by Crippen LogP contribution is 2.33. The van der Waals surface area contributed by atoms with Gasteiger partial charge >= 0.3 is 0 Å². The van der Waals surface area contributed by atoms with Crippen LogP contribution in [-0.4, -0.2) is 5.91 Å². The lowest BCUT2D eigenvalue weighted by Gasteiger charge is -2.11. The molecular formula is C15H11BrClFN2O. The molecule has 1 aliphatic heterocycles. The van der Waals surface area contributed by atoms with Crippen LogP contribution < -0.4 is 10.6 Å². The van der Waals surface area contributed by atoms with Crippen molar-refractivity contribution in [3.63, 3.8) is 0 Å². The molecule has 6 heteroatoms. The molecule has 0 radical (unpaired) electrons. The smallest absolute Gasteiger partial charge is 0.228 e. The van der Waals surface area contributed by atoms with Crippen LogP contribution in [0.3, 0.4) is 0 Å². The zero-order chi connectivity index (χ0) is 15.0. The van der Waals surface area contributed by atoms with Crippen molar-refractivity contribution in [1.82, 2.24) is 0 Å². The first-order chi connectivity index (χ1) is 10.0. The van der Waals surface area contributed by atoms with Crippen molar-refractivity contribution >= 4 is 44.8 Å². The summed E-state index contributed by atoms with van der Waals surface area (Å²) in [5, 5.41) is 6.44. The van der Waals surface area contributed by atoms with Gasteiger partial charge in [0.2, 0.25) is 5.91 Å². The van der Waals surface area contributed by atoms with Crippen LogP contribution >= 0.6 is 27.5 Å². The minimum absolute atomic E-state index is 0.0341. The third kappa shape index (κ3) is 3.04. The van der Waals surface area contributed by atoms with Gasteiger partial charge in [-0.25, -0.2) is 4.39 Å². The standard InChI is InChI=1S/C15H11BrClFN2O/c16-10-2-1-8(3-12(10)18)7-19-14-4-9-5-15(21)20-13(9)6-11(14)17/h1-4,6,19H,5,7H2,(H,20,21). The number of carbonyl (C=O) groups is 1. The van der Waals surface area contributed by atoms with Crippen molar-refractivity contribution in [1.29, 1.82) is 0 Å². The minimum atomic E-state index is -0.302. The summed E-state index contributed by atoms with van der Waals surface area (Å²) in [6.45, 7) is 0.448. The fourth-order valence-electron chi connectivity index (χ4n) is 2.23. The van der Waals surface area contributed by atoms with Gasteiger partial charge in [-0.3, -0.25) is 4.79 Å². The number of nitrogens with one attached hydrogen (secondary N) is 2. The number of benzene rings is 2. The van der Waals surface area contributed by atoms with E-state index < -0.39 is 0 Å². The van der Waals surface area contributed by atoms with Crippen molar-refractivity contribution in [3.8, 4) is 0 Å². The van der Waals surface area contributed by atoms with E-state index in [9.17, 15) is 9.18 Å². The Balaban J connectivity index is 1.78.